The molecule has 0 aliphatic carbocycles. The van der Waals surface area contributed by atoms with E-state index in [9.17, 15) is 16.8 Å². The van der Waals surface area contributed by atoms with Crippen LogP contribution in [-0.4, -0.2) is 16.8 Å². The molecule has 0 aliphatic rings. The van der Waals surface area contributed by atoms with Gasteiger partial charge in [0.1, 0.15) is 0 Å². The normalized spacial score (nSPS) is 12.3. The number of nitrogens with one attached hydrogen (secondary N) is 1. The van der Waals surface area contributed by atoms with E-state index < -0.39 is 20.0 Å². The van der Waals surface area contributed by atoms with Gasteiger partial charge in [-0.2, -0.15) is 0 Å². The molecule has 0 amide bonds. The molecule has 0 saturated heterocycles. The molecule has 112 valence electrons. The van der Waals surface area contributed by atoms with Crippen LogP contribution < -0.4 is 4.13 Å². The molecule has 0 aliphatic heterocycles. The van der Waals surface area contributed by atoms with E-state index in [1.165, 1.54) is 36.4 Å². The van der Waals surface area contributed by atoms with Gasteiger partial charge in [-0.15, -0.1) is 4.13 Å². The molecule has 2 rings (SSSR count). The topological polar surface area (TPSA) is 80.3 Å². The molecule has 0 radical (unpaired) electrons. The average Bonchev–Trinajstić information content (AvgIpc) is 2.37. The Morgan fingerprint density at radius 3 is 1.43 bits per heavy atom. The lowest BCUT2D eigenvalue weighted by molar-refractivity contribution is 0.577. The molecule has 0 spiro atoms. The van der Waals surface area contributed by atoms with Crippen molar-refractivity contribution in [3.8, 4) is 0 Å². The lowest BCUT2D eigenvalue weighted by atomic mass is 10.4. The van der Waals surface area contributed by atoms with E-state index in [1.54, 1.807) is 4.13 Å². The molecule has 0 fully saturated rings. The first-order valence-corrected chi connectivity index (χ1v) is 9.23. The van der Waals surface area contributed by atoms with Crippen molar-refractivity contribution in [3.05, 3.63) is 58.6 Å². The van der Waals surface area contributed by atoms with Crippen LogP contribution in [0.3, 0.4) is 0 Å². The fraction of sp³-hybridized carbons (Fsp3) is 0. The molecule has 0 aromatic heterocycles. The van der Waals surface area contributed by atoms with E-state index in [4.69, 9.17) is 23.2 Å². The number of rotatable bonds is 4. The van der Waals surface area contributed by atoms with Gasteiger partial charge < -0.3 is 0 Å². The fourth-order valence-electron chi connectivity index (χ4n) is 1.51. The first-order chi connectivity index (χ1) is 9.71. The van der Waals surface area contributed by atoms with Gasteiger partial charge in [-0.1, -0.05) is 35.3 Å². The molecule has 0 saturated carbocycles. The van der Waals surface area contributed by atoms with Gasteiger partial charge in [0.05, 0.1) is 9.79 Å². The Hall–Kier alpha value is -1.12. The SMILES string of the molecule is O=S(=O)(NS(=O)(=O)c1cccc(Cl)c1)c1cccc(Cl)c1. The molecule has 21 heavy (non-hydrogen) atoms. The van der Waals surface area contributed by atoms with Crippen LogP contribution in [0.15, 0.2) is 58.3 Å². The Morgan fingerprint density at radius 1 is 0.714 bits per heavy atom. The van der Waals surface area contributed by atoms with Crippen LogP contribution in [-0.2, 0) is 20.0 Å². The Balaban J connectivity index is 2.40. The number of hydrogen-bond donors (Lipinski definition) is 1. The maximum atomic E-state index is 12.1. The van der Waals surface area contributed by atoms with Crippen LogP contribution in [0.4, 0.5) is 0 Å². The van der Waals surface area contributed by atoms with Crippen LogP contribution in [0, 0.1) is 0 Å². The second-order valence-electron chi connectivity index (χ2n) is 4.00. The van der Waals surface area contributed by atoms with Gasteiger partial charge >= 0.3 is 0 Å². The zero-order valence-corrected chi connectivity index (χ0v) is 13.5. The van der Waals surface area contributed by atoms with Crippen LogP contribution in [0.1, 0.15) is 0 Å². The van der Waals surface area contributed by atoms with Crippen LogP contribution in [0.5, 0.6) is 0 Å². The third-order valence-electron chi connectivity index (χ3n) is 2.43. The molecule has 0 heterocycles. The standard InChI is InChI=1S/C12H9Cl2NO4S2/c13-9-3-1-5-11(7-9)20(16,17)15-21(18,19)12-6-2-4-10(14)8-12/h1-8,15H. The zero-order valence-electron chi connectivity index (χ0n) is 10.3. The van der Waals surface area contributed by atoms with E-state index in [-0.39, 0.29) is 19.8 Å². The van der Waals surface area contributed by atoms with Crippen molar-refractivity contribution in [2.24, 2.45) is 0 Å². The second kappa shape index (κ2) is 5.94. The maximum Gasteiger partial charge on any atom is 0.253 e. The fourth-order valence-corrected chi connectivity index (χ4v) is 5.02. The van der Waals surface area contributed by atoms with Crippen LogP contribution in [0.25, 0.3) is 0 Å². The summed E-state index contributed by atoms with van der Waals surface area (Å²) in [7, 11) is -8.53. The highest BCUT2D eigenvalue weighted by Gasteiger charge is 2.24. The van der Waals surface area contributed by atoms with Crippen molar-refractivity contribution in [1.82, 2.24) is 4.13 Å². The molecular weight excluding hydrogens is 357 g/mol. The smallest absolute Gasteiger partial charge is 0.206 e. The summed E-state index contributed by atoms with van der Waals surface area (Å²) < 4.78 is 50.0. The van der Waals surface area contributed by atoms with Crippen molar-refractivity contribution in [2.75, 3.05) is 0 Å². The second-order valence-corrected chi connectivity index (χ2v) is 8.50. The molecule has 5 nitrogen and oxygen atoms in total. The van der Waals surface area contributed by atoms with Gasteiger partial charge in [-0.05, 0) is 36.4 Å². The molecule has 0 atom stereocenters. The molecule has 2 aromatic carbocycles. The van der Waals surface area contributed by atoms with Crippen molar-refractivity contribution in [2.45, 2.75) is 9.79 Å². The van der Waals surface area contributed by atoms with E-state index in [2.05, 4.69) is 0 Å². The highest BCUT2D eigenvalue weighted by molar-refractivity contribution is 8.04. The van der Waals surface area contributed by atoms with Crippen LogP contribution >= 0.6 is 23.2 Å². The maximum absolute atomic E-state index is 12.1. The van der Waals surface area contributed by atoms with Crippen molar-refractivity contribution >= 4 is 43.2 Å². The summed E-state index contributed by atoms with van der Waals surface area (Å²) in [6.07, 6.45) is 0. The summed E-state index contributed by atoms with van der Waals surface area (Å²) in [5.41, 5.74) is 0. The first-order valence-electron chi connectivity index (χ1n) is 5.50. The Morgan fingerprint density at radius 2 is 1.10 bits per heavy atom. The van der Waals surface area contributed by atoms with Crippen molar-refractivity contribution in [3.63, 3.8) is 0 Å². The third kappa shape index (κ3) is 3.96. The van der Waals surface area contributed by atoms with E-state index in [0.29, 0.717) is 0 Å². The molecule has 0 bridgehead atoms. The summed E-state index contributed by atoms with van der Waals surface area (Å²) >= 11 is 11.4. The largest absolute Gasteiger partial charge is 0.253 e. The van der Waals surface area contributed by atoms with Crippen molar-refractivity contribution < 1.29 is 16.8 Å². The summed E-state index contributed by atoms with van der Waals surface area (Å²) in [5, 5.41) is 0.357. The predicted octanol–water partition coefficient (Wildman–Crippen LogP) is 2.66. The Labute approximate surface area is 132 Å². The van der Waals surface area contributed by atoms with Crippen LogP contribution in [0.2, 0.25) is 10.0 Å². The van der Waals surface area contributed by atoms with E-state index in [1.807, 2.05) is 0 Å². The van der Waals surface area contributed by atoms with Gasteiger partial charge in [0, 0.05) is 10.0 Å². The predicted molar refractivity (Wildman–Crippen MR) is 80.4 cm³/mol. The highest BCUT2D eigenvalue weighted by Crippen LogP contribution is 2.19. The highest BCUT2D eigenvalue weighted by atomic mass is 35.5. The summed E-state index contributed by atoms with van der Waals surface area (Å²) in [5.74, 6) is 0. The minimum absolute atomic E-state index is 0.179. The third-order valence-corrected chi connectivity index (χ3v) is 6.41. The number of hydrogen-bond acceptors (Lipinski definition) is 4. The number of sulfonamides is 2. The summed E-state index contributed by atoms with van der Waals surface area (Å²) in [6, 6.07) is 10.5. The van der Waals surface area contributed by atoms with Gasteiger partial charge in [-0.25, -0.2) is 16.8 Å². The molecule has 2 aromatic rings. The lowest BCUT2D eigenvalue weighted by Gasteiger charge is -2.08. The summed E-state index contributed by atoms with van der Waals surface area (Å²) in [6.45, 7) is 0. The van der Waals surface area contributed by atoms with Crippen molar-refractivity contribution in [1.29, 1.82) is 0 Å². The molecule has 9 heteroatoms. The Kier molecular flexibility index (Phi) is 4.60. The number of halogens is 2. The minimum atomic E-state index is -4.27. The van der Waals surface area contributed by atoms with Gasteiger partial charge in [0.2, 0.25) is 0 Å². The molecule has 0 unspecified atom stereocenters. The van der Waals surface area contributed by atoms with Gasteiger partial charge in [-0.3, -0.25) is 0 Å². The minimum Gasteiger partial charge on any atom is -0.206 e. The molecule has 1 N–H and O–H groups in total. The molecular formula is C12H9Cl2NO4S2. The lowest BCUT2D eigenvalue weighted by Crippen LogP contribution is -2.30. The monoisotopic (exact) mass is 365 g/mol. The first kappa shape index (κ1) is 16.3. The summed E-state index contributed by atoms with van der Waals surface area (Å²) in [4.78, 5) is -0.499. The van der Waals surface area contributed by atoms with E-state index >= 15 is 0 Å². The van der Waals surface area contributed by atoms with E-state index in [0.717, 1.165) is 12.1 Å². The van der Waals surface area contributed by atoms with Gasteiger partial charge in [0.15, 0.2) is 0 Å². The quantitative estimate of drug-likeness (QED) is 0.902. The zero-order chi connectivity index (χ0) is 15.7. The van der Waals surface area contributed by atoms with Gasteiger partial charge in [0.25, 0.3) is 20.0 Å². The number of benzene rings is 2. The average molecular weight is 366 g/mol. The Bertz CT molecular complexity index is 806.